The summed E-state index contributed by atoms with van der Waals surface area (Å²) in [6.07, 6.45) is 4.15. The number of aliphatic carboxylic acids is 1. The van der Waals surface area contributed by atoms with Crippen LogP contribution in [0, 0.1) is 5.92 Å². The van der Waals surface area contributed by atoms with Crippen molar-refractivity contribution in [3.05, 3.63) is 35.9 Å². The number of aliphatic hydroxyl groups is 1. The van der Waals surface area contributed by atoms with Crippen molar-refractivity contribution in [1.82, 2.24) is 5.32 Å². The fraction of sp³-hybridized carbons (Fsp3) is 0.562. The molecule has 0 radical (unpaired) electrons. The number of nitrogens with one attached hydrogen (secondary N) is 1. The third-order valence-corrected chi connectivity index (χ3v) is 4.04. The van der Waals surface area contributed by atoms with Crippen LogP contribution in [-0.4, -0.2) is 34.9 Å². The topological polar surface area (TPSA) is 69.6 Å². The van der Waals surface area contributed by atoms with E-state index in [1.54, 1.807) is 0 Å². The summed E-state index contributed by atoms with van der Waals surface area (Å²) in [7, 11) is 0. The van der Waals surface area contributed by atoms with E-state index in [2.05, 4.69) is 5.32 Å². The van der Waals surface area contributed by atoms with Crippen LogP contribution in [0.25, 0.3) is 0 Å². The van der Waals surface area contributed by atoms with Crippen LogP contribution in [0.15, 0.2) is 30.3 Å². The molecule has 110 valence electrons. The molecule has 1 aromatic carbocycles. The zero-order valence-electron chi connectivity index (χ0n) is 11.7. The van der Waals surface area contributed by atoms with E-state index in [0.29, 0.717) is 6.42 Å². The minimum Gasteiger partial charge on any atom is -0.481 e. The molecular weight excluding hydrogens is 254 g/mol. The molecule has 1 saturated carbocycles. The molecule has 0 saturated heterocycles. The van der Waals surface area contributed by atoms with Gasteiger partial charge in [0.2, 0.25) is 0 Å². The van der Waals surface area contributed by atoms with E-state index >= 15 is 0 Å². The van der Waals surface area contributed by atoms with E-state index in [1.165, 1.54) is 5.56 Å². The summed E-state index contributed by atoms with van der Waals surface area (Å²) in [5, 5.41) is 22.0. The van der Waals surface area contributed by atoms with Crippen molar-refractivity contribution in [3.8, 4) is 0 Å². The molecule has 2 rings (SSSR count). The molecule has 4 nitrogen and oxygen atoms in total. The Hall–Kier alpha value is -1.39. The van der Waals surface area contributed by atoms with Crippen LogP contribution >= 0.6 is 0 Å². The second kappa shape index (κ2) is 7.41. The fourth-order valence-corrected chi connectivity index (χ4v) is 2.97. The summed E-state index contributed by atoms with van der Waals surface area (Å²) in [5.41, 5.74) is 1.18. The molecule has 0 aromatic heterocycles. The average molecular weight is 277 g/mol. The first-order chi connectivity index (χ1) is 9.69. The minimum atomic E-state index is -0.694. The fourth-order valence-electron chi connectivity index (χ4n) is 2.97. The van der Waals surface area contributed by atoms with Gasteiger partial charge in [0.05, 0.1) is 12.5 Å². The molecule has 1 aliphatic carbocycles. The second-order valence-corrected chi connectivity index (χ2v) is 5.63. The first kappa shape index (κ1) is 15.0. The monoisotopic (exact) mass is 277 g/mol. The Labute approximate surface area is 119 Å². The van der Waals surface area contributed by atoms with Gasteiger partial charge in [-0.3, -0.25) is 4.79 Å². The molecule has 1 aliphatic rings. The summed E-state index contributed by atoms with van der Waals surface area (Å²) in [6, 6.07) is 10.2. The molecule has 4 heteroatoms. The molecule has 0 spiro atoms. The molecule has 3 atom stereocenters. The van der Waals surface area contributed by atoms with Crippen LogP contribution in [0.2, 0.25) is 0 Å². The van der Waals surface area contributed by atoms with Gasteiger partial charge >= 0.3 is 5.97 Å². The van der Waals surface area contributed by atoms with E-state index in [0.717, 1.165) is 25.7 Å². The molecule has 1 aromatic rings. The summed E-state index contributed by atoms with van der Waals surface area (Å²) in [5.74, 6) is -0.933. The van der Waals surface area contributed by atoms with Gasteiger partial charge in [0.15, 0.2) is 0 Å². The van der Waals surface area contributed by atoms with Crippen molar-refractivity contribution in [2.45, 2.75) is 44.2 Å². The molecule has 0 aliphatic heterocycles. The number of carboxylic acid groups (broad SMARTS) is 1. The highest BCUT2D eigenvalue weighted by Gasteiger charge is 2.28. The number of aliphatic hydroxyl groups excluding tert-OH is 1. The first-order valence-corrected chi connectivity index (χ1v) is 7.32. The Balaban J connectivity index is 1.88. The number of carbonyl (C=O) groups is 1. The van der Waals surface area contributed by atoms with Crippen molar-refractivity contribution in [2.24, 2.45) is 5.92 Å². The van der Waals surface area contributed by atoms with Crippen LogP contribution in [0.3, 0.4) is 0 Å². The van der Waals surface area contributed by atoms with Gasteiger partial charge in [-0.15, -0.1) is 0 Å². The maximum Gasteiger partial charge on any atom is 0.306 e. The summed E-state index contributed by atoms with van der Waals surface area (Å²) < 4.78 is 0. The Bertz CT molecular complexity index is 421. The zero-order chi connectivity index (χ0) is 14.4. The molecule has 1 fully saturated rings. The van der Waals surface area contributed by atoms with Crippen molar-refractivity contribution in [1.29, 1.82) is 0 Å². The standard InChI is InChI=1S/C16H23NO3/c18-11-15(9-12-5-2-1-3-6-12)17-14-8-4-7-13(10-14)16(19)20/h1-3,5-6,13-15,17-18H,4,7-11H2,(H,19,20)/t13?,14?,15-/m0/s1. The molecule has 0 amide bonds. The number of hydrogen-bond donors (Lipinski definition) is 3. The largest absolute Gasteiger partial charge is 0.481 e. The van der Waals surface area contributed by atoms with Crippen molar-refractivity contribution in [2.75, 3.05) is 6.61 Å². The molecule has 3 N–H and O–H groups in total. The van der Waals surface area contributed by atoms with Gasteiger partial charge in [-0.1, -0.05) is 36.8 Å². The SMILES string of the molecule is O=C(O)C1CCCC(N[C@H](CO)Cc2ccccc2)C1. The molecular formula is C16H23NO3. The van der Waals surface area contributed by atoms with Gasteiger partial charge in [0.1, 0.15) is 0 Å². The normalized spacial score (nSPS) is 24.2. The lowest BCUT2D eigenvalue weighted by Crippen LogP contribution is -2.45. The zero-order valence-corrected chi connectivity index (χ0v) is 11.7. The van der Waals surface area contributed by atoms with Crippen LogP contribution in [0.5, 0.6) is 0 Å². The van der Waals surface area contributed by atoms with Gasteiger partial charge in [-0.05, 0) is 31.2 Å². The van der Waals surface area contributed by atoms with E-state index in [-0.39, 0.29) is 24.6 Å². The first-order valence-electron chi connectivity index (χ1n) is 7.32. The number of rotatable bonds is 6. The molecule has 20 heavy (non-hydrogen) atoms. The quantitative estimate of drug-likeness (QED) is 0.742. The Morgan fingerprint density at radius 2 is 2.05 bits per heavy atom. The van der Waals surface area contributed by atoms with Gasteiger partial charge in [0.25, 0.3) is 0 Å². The van der Waals surface area contributed by atoms with Gasteiger partial charge in [-0.25, -0.2) is 0 Å². The van der Waals surface area contributed by atoms with Crippen LogP contribution < -0.4 is 5.32 Å². The van der Waals surface area contributed by atoms with Gasteiger partial charge < -0.3 is 15.5 Å². The summed E-state index contributed by atoms with van der Waals surface area (Å²) >= 11 is 0. The number of benzene rings is 1. The molecule has 0 bridgehead atoms. The highest BCUT2D eigenvalue weighted by molar-refractivity contribution is 5.70. The molecule has 0 heterocycles. The Morgan fingerprint density at radius 1 is 1.30 bits per heavy atom. The predicted molar refractivity (Wildman–Crippen MR) is 77.5 cm³/mol. The van der Waals surface area contributed by atoms with Gasteiger partial charge in [0, 0.05) is 12.1 Å². The third kappa shape index (κ3) is 4.32. The molecule has 2 unspecified atom stereocenters. The van der Waals surface area contributed by atoms with Crippen LogP contribution in [0.4, 0.5) is 0 Å². The van der Waals surface area contributed by atoms with E-state index < -0.39 is 5.97 Å². The average Bonchev–Trinajstić information content (AvgIpc) is 2.48. The van der Waals surface area contributed by atoms with Crippen molar-refractivity contribution in [3.63, 3.8) is 0 Å². The number of carboxylic acids is 1. The predicted octanol–water partition coefficient (Wildman–Crippen LogP) is 1.82. The lowest BCUT2D eigenvalue weighted by molar-refractivity contribution is -0.143. The van der Waals surface area contributed by atoms with Crippen molar-refractivity contribution >= 4 is 5.97 Å². The lowest BCUT2D eigenvalue weighted by Gasteiger charge is -2.30. The highest BCUT2D eigenvalue weighted by Crippen LogP contribution is 2.25. The van der Waals surface area contributed by atoms with Crippen LogP contribution in [-0.2, 0) is 11.2 Å². The maximum absolute atomic E-state index is 11.1. The summed E-state index contributed by atoms with van der Waals surface area (Å²) in [4.78, 5) is 11.1. The highest BCUT2D eigenvalue weighted by atomic mass is 16.4. The van der Waals surface area contributed by atoms with Crippen molar-refractivity contribution < 1.29 is 15.0 Å². The Morgan fingerprint density at radius 3 is 2.70 bits per heavy atom. The number of hydrogen-bond acceptors (Lipinski definition) is 3. The summed E-state index contributed by atoms with van der Waals surface area (Å²) in [6.45, 7) is 0.0726. The van der Waals surface area contributed by atoms with Gasteiger partial charge in [-0.2, -0.15) is 0 Å². The minimum absolute atomic E-state index is 0.00468. The smallest absolute Gasteiger partial charge is 0.306 e. The third-order valence-electron chi connectivity index (χ3n) is 4.04. The van der Waals surface area contributed by atoms with E-state index in [9.17, 15) is 9.90 Å². The van der Waals surface area contributed by atoms with E-state index in [1.807, 2.05) is 30.3 Å². The maximum atomic E-state index is 11.1. The lowest BCUT2D eigenvalue weighted by atomic mass is 9.85. The van der Waals surface area contributed by atoms with Crippen LogP contribution in [0.1, 0.15) is 31.2 Å². The van der Waals surface area contributed by atoms with E-state index in [4.69, 9.17) is 5.11 Å². The Kier molecular flexibility index (Phi) is 5.56. The second-order valence-electron chi connectivity index (χ2n) is 5.63.